The highest BCUT2D eigenvalue weighted by Gasteiger charge is 2.25. The van der Waals surface area contributed by atoms with Gasteiger partial charge in [-0.05, 0) is 36.4 Å². The molecule has 132 valence electrons. The van der Waals surface area contributed by atoms with E-state index in [4.69, 9.17) is 9.72 Å². The van der Waals surface area contributed by atoms with Crippen LogP contribution in [0.4, 0.5) is 5.82 Å². The molecule has 3 aromatic rings. The molecule has 5 nitrogen and oxygen atoms in total. The first kappa shape index (κ1) is 17.3. The Hall–Kier alpha value is -2.12. The maximum absolute atomic E-state index is 10.2. The van der Waals surface area contributed by atoms with Crippen LogP contribution >= 0.6 is 31.9 Å². The average Bonchev–Trinajstić information content (AvgIpc) is 2.61. The third kappa shape index (κ3) is 3.05. The lowest BCUT2D eigenvalue weighted by atomic mass is 10.0. The Morgan fingerprint density at radius 3 is 2.54 bits per heavy atom. The van der Waals surface area contributed by atoms with Crippen LogP contribution in [0.15, 0.2) is 45.3 Å². The minimum absolute atomic E-state index is 0.123. The summed E-state index contributed by atoms with van der Waals surface area (Å²) in [5.41, 5.74) is 2.56. The molecule has 0 fully saturated rings. The van der Waals surface area contributed by atoms with E-state index in [9.17, 15) is 5.11 Å². The van der Waals surface area contributed by atoms with E-state index < -0.39 is 0 Å². The molecule has 0 amide bonds. The molecule has 0 saturated carbocycles. The van der Waals surface area contributed by atoms with Crippen LogP contribution < -0.4 is 9.64 Å². The fourth-order valence-electron chi connectivity index (χ4n) is 2.95. The second-order valence-corrected chi connectivity index (χ2v) is 8.07. The normalized spacial score (nSPS) is 12.2. The topological polar surface area (TPSA) is 58.5 Å². The molecular formula is C19H15Br2N3O2. The van der Waals surface area contributed by atoms with Crippen LogP contribution in [-0.4, -0.2) is 29.2 Å². The summed E-state index contributed by atoms with van der Waals surface area (Å²) in [6.45, 7) is 0. The quantitative estimate of drug-likeness (QED) is 0.434. The summed E-state index contributed by atoms with van der Waals surface area (Å²) in [5.74, 6) is 2.63. The van der Waals surface area contributed by atoms with E-state index in [1.54, 1.807) is 18.2 Å². The van der Waals surface area contributed by atoms with E-state index in [1.165, 1.54) is 0 Å². The zero-order chi connectivity index (χ0) is 18.4. The van der Waals surface area contributed by atoms with E-state index in [0.717, 1.165) is 31.6 Å². The molecule has 1 aromatic heterocycles. The molecule has 0 atom stereocenters. The van der Waals surface area contributed by atoms with Gasteiger partial charge < -0.3 is 14.7 Å². The summed E-state index contributed by atoms with van der Waals surface area (Å²) in [6, 6.07) is 11.1. The van der Waals surface area contributed by atoms with Crippen LogP contribution in [0.3, 0.4) is 0 Å². The maximum Gasteiger partial charge on any atom is 0.228 e. The number of hydrogen-bond donors (Lipinski definition) is 1. The maximum atomic E-state index is 10.2. The highest BCUT2D eigenvalue weighted by molar-refractivity contribution is 9.10. The van der Waals surface area contributed by atoms with Gasteiger partial charge in [0.05, 0.1) is 11.1 Å². The van der Waals surface area contributed by atoms with Gasteiger partial charge in [0.2, 0.25) is 5.88 Å². The Morgan fingerprint density at radius 1 is 1.04 bits per heavy atom. The molecule has 4 rings (SSSR count). The van der Waals surface area contributed by atoms with Gasteiger partial charge in [0, 0.05) is 35.0 Å². The number of fused-ring (bicyclic) bond motifs is 2. The third-order valence-electron chi connectivity index (χ3n) is 4.17. The zero-order valence-corrected chi connectivity index (χ0v) is 17.3. The fraction of sp³-hybridized carbons (Fsp3) is 0.158. The summed E-state index contributed by atoms with van der Waals surface area (Å²) in [7, 11) is 3.87. The summed E-state index contributed by atoms with van der Waals surface area (Å²) < 4.78 is 7.91. The number of aromatic hydroxyl groups is 1. The molecule has 0 saturated heterocycles. The molecule has 0 unspecified atom stereocenters. The molecule has 0 spiro atoms. The number of phenols is 1. The summed E-state index contributed by atoms with van der Waals surface area (Å²) in [6.07, 6.45) is 0.683. The molecule has 0 aliphatic carbocycles. The van der Waals surface area contributed by atoms with Gasteiger partial charge in [-0.2, -0.15) is 4.98 Å². The van der Waals surface area contributed by atoms with Gasteiger partial charge >= 0.3 is 0 Å². The van der Waals surface area contributed by atoms with E-state index in [2.05, 4.69) is 36.8 Å². The Morgan fingerprint density at radius 2 is 1.77 bits per heavy atom. The Labute approximate surface area is 167 Å². The SMILES string of the molecule is CN(C)c1nc(-c2cc(Br)ccc2O)nc2c1Cc1cc(Br)ccc1O2. The van der Waals surface area contributed by atoms with Gasteiger partial charge in [-0.15, -0.1) is 0 Å². The van der Waals surface area contributed by atoms with Crippen molar-refractivity contribution in [1.82, 2.24) is 9.97 Å². The van der Waals surface area contributed by atoms with Crippen LogP contribution in [0.1, 0.15) is 11.1 Å². The van der Waals surface area contributed by atoms with Crippen molar-refractivity contribution >= 4 is 37.7 Å². The van der Waals surface area contributed by atoms with Gasteiger partial charge in [-0.3, -0.25) is 0 Å². The first-order valence-electron chi connectivity index (χ1n) is 7.96. The first-order valence-corrected chi connectivity index (χ1v) is 9.54. The number of anilines is 1. The molecule has 7 heteroatoms. The lowest BCUT2D eigenvalue weighted by Gasteiger charge is -2.24. The summed E-state index contributed by atoms with van der Waals surface area (Å²) >= 11 is 6.94. The number of hydrogen-bond acceptors (Lipinski definition) is 5. The molecule has 26 heavy (non-hydrogen) atoms. The van der Waals surface area contributed by atoms with Gasteiger partial charge in [-0.1, -0.05) is 31.9 Å². The molecule has 1 N–H and O–H groups in total. The highest BCUT2D eigenvalue weighted by atomic mass is 79.9. The second kappa shape index (κ2) is 6.55. The van der Waals surface area contributed by atoms with Crippen LogP contribution in [0.25, 0.3) is 11.4 Å². The van der Waals surface area contributed by atoms with Gasteiger partial charge in [0.15, 0.2) is 5.82 Å². The van der Waals surface area contributed by atoms with E-state index in [0.29, 0.717) is 23.7 Å². The molecule has 1 aliphatic heterocycles. The summed E-state index contributed by atoms with van der Waals surface area (Å²) in [4.78, 5) is 11.2. The lowest BCUT2D eigenvalue weighted by molar-refractivity contribution is 0.439. The third-order valence-corrected chi connectivity index (χ3v) is 5.15. The minimum Gasteiger partial charge on any atom is -0.507 e. The predicted molar refractivity (Wildman–Crippen MR) is 108 cm³/mol. The lowest BCUT2D eigenvalue weighted by Crippen LogP contribution is -2.17. The molecule has 2 aromatic carbocycles. The number of ether oxygens (including phenoxy) is 1. The van der Waals surface area contributed by atoms with Gasteiger partial charge in [0.1, 0.15) is 17.3 Å². The van der Waals surface area contributed by atoms with Crippen molar-refractivity contribution in [1.29, 1.82) is 0 Å². The van der Waals surface area contributed by atoms with Crippen molar-refractivity contribution < 1.29 is 9.84 Å². The predicted octanol–water partition coefficient (Wildman–Crippen LogP) is 5.14. The van der Waals surface area contributed by atoms with Crippen LogP contribution in [-0.2, 0) is 6.42 Å². The van der Waals surface area contributed by atoms with Crippen molar-refractivity contribution in [3.63, 3.8) is 0 Å². The van der Waals surface area contributed by atoms with E-state index in [1.807, 2.05) is 37.2 Å². The second-order valence-electron chi connectivity index (χ2n) is 6.24. The van der Waals surface area contributed by atoms with E-state index in [-0.39, 0.29) is 5.75 Å². The van der Waals surface area contributed by atoms with Crippen molar-refractivity contribution in [2.24, 2.45) is 0 Å². The highest BCUT2D eigenvalue weighted by Crippen LogP contribution is 2.42. The number of aromatic nitrogens is 2. The molecular weight excluding hydrogens is 462 g/mol. The summed E-state index contributed by atoms with van der Waals surface area (Å²) in [5, 5.41) is 10.2. The van der Waals surface area contributed by atoms with Crippen molar-refractivity contribution in [2.45, 2.75) is 6.42 Å². The van der Waals surface area contributed by atoms with Crippen LogP contribution in [0.5, 0.6) is 17.4 Å². The zero-order valence-electron chi connectivity index (χ0n) is 14.1. The van der Waals surface area contributed by atoms with Crippen LogP contribution in [0, 0.1) is 0 Å². The number of phenolic OH excluding ortho intramolecular Hbond substituents is 1. The molecule has 1 aliphatic rings. The fourth-order valence-corrected chi connectivity index (χ4v) is 3.72. The molecule has 0 radical (unpaired) electrons. The Bertz CT molecular complexity index is 1020. The Balaban J connectivity index is 1.89. The van der Waals surface area contributed by atoms with E-state index >= 15 is 0 Å². The van der Waals surface area contributed by atoms with Gasteiger partial charge in [0.25, 0.3) is 0 Å². The number of halogens is 2. The largest absolute Gasteiger partial charge is 0.507 e. The van der Waals surface area contributed by atoms with Crippen molar-refractivity contribution in [2.75, 3.05) is 19.0 Å². The molecule has 2 heterocycles. The van der Waals surface area contributed by atoms with Crippen molar-refractivity contribution in [3.05, 3.63) is 56.5 Å². The standard InChI is InChI=1S/C19H15Br2N3O2/c1-24(2)18-14-8-10-7-11(20)4-6-16(10)26-19(14)23-17(22-18)13-9-12(21)3-5-15(13)25/h3-7,9,25H,8H2,1-2H3. The van der Waals surface area contributed by atoms with Crippen molar-refractivity contribution in [3.8, 4) is 28.8 Å². The minimum atomic E-state index is 0.123. The van der Waals surface area contributed by atoms with Gasteiger partial charge in [-0.25, -0.2) is 4.98 Å². The Kier molecular flexibility index (Phi) is 4.36. The first-order chi connectivity index (χ1) is 12.4. The smallest absolute Gasteiger partial charge is 0.228 e. The number of rotatable bonds is 2. The van der Waals surface area contributed by atoms with Crippen LogP contribution in [0.2, 0.25) is 0 Å². The number of nitrogens with zero attached hydrogens (tertiary/aromatic N) is 3. The molecule has 0 bridgehead atoms. The number of benzene rings is 2. The average molecular weight is 477 g/mol. The monoisotopic (exact) mass is 475 g/mol.